The van der Waals surface area contributed by atoms with Crippen LogP contribution in [-0.2, 0) is 9.53 Å². The highest BCUT2D eigenvalue weighted by Gasteiger charge is 2.32. The lowest BCUT2D eigenvalue weighted by Crippen LogP contribution is -2.47. The number of hydrogen-bond donors (Lipinski definition) is 2. The van der Waals surface area contributed by atoms with Crippen molar-refractivity contribution in [1.29, 1.82) is 0 Å². The average molecular weight is 403 g/mol. The molecule has 0 spiro atoms. The monoisotopic (exact) mass is 403 g/mol. The van der Waals surface area contributed by atoms with Gasteiger partial charge in [0.25, 0.3) is 0 Å². The Morgan fingerprint density at radius 3 is 2.50 bits per heavy atom. The van der Waals surface area contributed by atoms with E-state index in [0.717, 1.165) is 25.7 Å². The van der Waals surface area contributed by atoms with E-state index < -0.39 is 18.1 Å². The zero-order valence-corrected chi connectivity index (χ0v) is 16.9. The molecule has 1 saturated heterocycles. The molecule has 5 nitrogen and oxygen atoms in total. The molecule has 1 unspecified atom stereocenters. The fourth-order valence-corrected chi connectivity index (χ4v) is 3.25. The van der Waals surface area contributed by atoms with Crippen LogP contribution in [0.5, 0.6) is 0 Å². The van der Waals surface area contributed by atoms with Crippen LogP contribution in [0.4, 0.5) is 13.2 Å². The standard InChI is InChI=1S/C20H32F3N3O2/c1-19(2,3)18(27)25-17-7-6-16(13-24-17)28-12-4-5-15-8-10-26(11-9-15)14-20(21,22)23/h6-7,13,15,17,24H,4-5,8-12,14H2,1-3H3,(H,25,27). The zero-order valence-electron chi connectivity index (χ0n) is 16.9. The van der Waals surface area contributed by atoms with Crippen molar-refractivity contribution < 1.29 is 22.7 Å². The molecule has 8 heteroatoms. The molecule has 0 aliphatic carbocycles. The Bertz CT molecular complexity index is 574. The predicted molar refractivity (Wildman–Crippen MR) is 102 cm³/mol. The van der Waals surface area contributed by atoms with Crippen LogP contribution < -0.4 is 10.6 Å². The fourth-order valence-electron chi connectivity index (χ4n) is 3.25. The van der Waals surface area contributed by atoms with E-state index in [4.69, 9.17) is 4.74 Å². The van der Waals surface area contributed by atoms with E-state index in [1.165, 1.54) is 4.90 Å². The number of carbonyl (C=O) groups is 1. The Kier molecular flexibility index (Phi) is 7.80. The number of dihydropyridines is 1. The first-order valence-electron chi connectivity index (χ1n) is 9.90. The van der Waals surface area contributed by atoms with Crippen LogP contribution in [0.25, 0.3) is 0 Å². The molecule has 2 heterocycles. The van der Waals surface area contributed by atoms with E-state index in [-0.39, 0.29) is 12.1 Å². The molecular weight excluding hydrogens is 371 g/mol. The maximum absolute atomic E-state index is 12.4. The molecule has 0 radical (unpaired) electrons. The number of hydrogen-bond acceptors (Lipinski definition) is 4. The summed E-state index contributed by atoms with van der Waals surface area (Å²) in [6, 6.07) is 0. The number of ether oxygens (including phenoxy) is 1. The third kappa shape index (κ3) is 8.12. The molecule has 1 amide bonds. The van der Waals surface area contributed by atoms with E-state index in [2.05, 4.69) is 10.6 Å². The van der Waals surface area contributed by atoms with Crippen LogP contribution in [0.2, 0.25) is 0 Å². The maximum Gasteiger partial charge on any atom is 0.401 e. The number of alkyl halides is 3. The molecule has 0 aromatic heterocycles. The smallest absolute Gasteiger partial charge is 0.401 e. The lowest BCUT2D eigenvalue weighted by Gasteiger charge is -2.32. The van der Waals surface area contributed by atoms with E-state index >= 15 is 0 Å². The number of nitrogens with zero attached hydrogens (tertiary/aromatic N) is 1. The molecule has 2 aliphatic rings. The van der Waals surface area contributed by atoms with Gasteiger partial charge in [-0.15, -0.1) is 0 Å². The first-order chi connectivity index (χ1) is 13.0. The second-order valence-corrected chi connectivity index (χ2v) is 8.60. The van der Waals surface area contributed by atoms with Crippen molar-refractivity contribution >= 4 is 5.91 Å². The molecule has 160 valence electrons. The molecule has 0 aromatic carbocycles. The summed E-state index contributed by atoms with van der Waals surface area (Å²) in [5.41, 5.74) is -0.446. The second kappa shape index (κ2) is 9.67. The minimum Gasteiger partial charge on any atom is -0.492 e. The topological polar surface area (TPSA) is 53.6 Å². The normalized spacial score (nSPS) is 21.8. The van der Waals surface area contributed by atoms with Gasteiger partial charge in [0.2, 0.25) is 5.91 Å². The Morgan fingerprint density at radius 1 is 1.29 bits per heavy atom. The molecule has 1 atom stereocenters. The van der Waals surface area contributed by atoms with Crippen molar-refractivity contribution in [2.75, 3.05) is 26.2 Å². The van der Waals surface area contributed by atoms with E-state index in [1.807, 2.05) is 32.9 Å². The highest BCUT2D eigenvalue weighted by molar-refractivity contribution is 5.81. The highest BCUT2D eigenvalue weighted by Crippen LogP contribution is 2.25. The third-order valence-corrected chi connectivity index (χ3v) is 4.96. The Morgan fingerprint density at radius 2 is 1.96 bits per heavy atom. The van der Waals surface area contributed by atoms with Gasteiger partial charge in [0, 0.05) is 11.6 Å². The lowest BCUT2D eigenvalue weighted by atomic mass is 9.92. The first kappa shape index (κ1) is 22.6. The van der Waals surface area contributed by atoms with Gasteiger partial charge in [-0.25, -0.2) is 0 Å². The minimum atomic E-state index is -4.11. The van der Waals surface area contributed by atoms with Crippen molar-refractivity contribution in [3.8, 4) is 0 Å². The molecule has 2 aliphatic heterocycles. The summed E-state index contributed by atoms with van der Waals surface area (Å²) >= 11 is 0. The van der Waals surface area contributed by atoms with Gasteiger partial charge in [-0.2, -0.15) is 13.2 Å². The van der Waals surface area contributed by atoms with Crippen LogP contribution in [0.3, 0.4) is 0 Å². The number of likely N-dealkylation sites (tertiary alicyclic amines) is 1. The van der Waals surface area contributed by atoms with Gasteiger partial charge in [0.1, 0.15) is 11.9 Å². The van der Waals surface area contributed by atoms with Crippen LogP contribution in [-0.4, -0.2) is 49.4 Å². The van der Waals surface area contributed by atoms with Crippen molar-refractivity contribution in [1.82, 2.24) is 15.5 Å². The Balaban J connectivity index is 1.58. The largest absolute Gasteiger partial charge is 0.492 e. The van der Waals surface area contributed by atoms with Gasteiger partial charge >= 0.3 is 6.18 Å². The first-order valence-corrected chi connectivity index (χ1v) is 9.90. The molecule has 28 heavy (non-hydrogen) atoms. The summed E-state index contributed by atoms with van der Waals surface area (Å²) < 4.78 is 42.9. The number of allylic oxidation sites excluding steroid dienone is 1. The molecule has 1 fully saturated rings. The van der Waals surface area contributed by atoms with E-state index in [9.17, 15) is 18.0 Å². The quantitative estimate of drug-likeness (QED) is 0.639. The lowest BCUT2D eigenvalue weighted by molar-refractivity contribution is -0.148. The maximum atomic E-state index is 12.4. The zero-order chi connectivity index (χ0) is 20.8. The number of nitrogens with one attached hydrogen (secondary N) is 2. The summed E-state index contributed by atoms with van der Waals surface area (Å²) in [4.78, 5) is 13.5. The summed E-state index contributed by atoms with van der Waals surface area (Å²) in [5.74, 6) is 1.15. The van der Waals surface area contributed by atoms with Crippen molar-refractivity contribution in [2.24, 2.45) is 11.3 Å². The van der Waals surface area contributed by atoms with Gasteiger partial charge < -0.3 is 15.4 Å². The van der Waals surface area contributed by atoms with Crippen LogP contribution in [0.15, 0.2) is 24.1 Å². The Labute approximate surface area is 165 Å². The summed E-state index contributed by atoms with van der Waals surface area (Å²) in [6.45, 7) is 6.39. The number of rotatable bonds is 7. The SMILES string of the molecule is CC(C)(C)C(=O)NC1C=CC(OCCCC2CCN(CC(F)(F)F)CC2)=CN1. The summed E-state index contributed by atoms with van der Waals surface area (Å²) in [6.07, 6.45) is 4.53. The Hall–Kier alpha value is -1.70. The van der Waals surface area contributed by atoms with Gasteiger partial charge in [-0.3, -0.25) is 9.69 Å². The fraction of sp³-hybridized carbons (Fsp3) is 0.750. The highest BCUT2D eigenvalue weighted by atomic mass is 19.4. The van der Waals surface area contributed by atoms with Crippen molar-refractivity contribution in [3.63, 3.8) is 0 Å². The molecule has 0 saturated carbocycles. The molecule has 2 rings (SSSR count). The molecule has 2 N–H and O–H groups in total. The summed E-state index contributed by atoms with van der Waals surface area (Å²) in [7, 11) is 0. The van der Waals surface area contributed by atoms with Gasteiger partial charge in [-0.1, -0.05) is 20.8 Å². The van der Waals surface area contributed by atoms with Gasteiger partial charge in [0.05, 0.1) is 13.2 Å². The van der Waals surface area contributed by atoms with Crippen molar-refractivity contribution in [2.45, 2.75) is 58.8 Å². The van der Waals surface area contributed by atoms with Crippen LogP contribution in [0, 0.1) is 11.3 Å². The number of carbonyl (C=O) groups excluding carboxylic acids is 1. The van der Waals surface area contributed by atoms with Gasteiger partial charge in [0.15, 0.2) is 0 Å². The molecular formula is C20H32F3N3O2. The number of piperidine rings is 1. The third-order valence-electron chi connectivity index (χ3n) is 4.96. The van der Waals surface area contributed by atoms with Crippen LogP contribution in [0.1, 0.15) is 46.5 Å². The van der Waals surface area contributed by atoms with E-state index in [0.29, 0.717) is 31.4 Å². The summed E-state index contributed by atoms with van der Waals surface area (Å²) in [5, 5.41) is 5.98. The van der Waals surface area contributed by atoms with Gasteiger partial charge in [-0.05, 0) is 56.8 Å². The predicted octanol–water partition coefficient (Wildman–Crippen LogP) is 3.55. The number of halogens is 3. The van der Waals surface area contributed by atoms with E-state index in [1.54, 1.807) is 6.20 Å². The average Bonchev–Trinajstić information content (AvgIpc) is 2.59. The van der Waals surface area contributed by atoms with Crippen LogP contribution >= 0.6 is 0 Å². The number of amides is 1. The molecule has 0 aromatic rings. The molecule has 0 bridgehead atoms. The minimum absolute atomic E-state index is 0.0336. The van der Waals surface area contributed by atoms with Crippen molar-refractivity contribution in [3.05, 3.63) is 24.1 Å². The second-order valence-electron chi connectivity index (χ2n) is 8.60.